The molecule has 3 aromatic rings. The van der Waals surface area contributed by atoms with Crippen molar-refractivity contribution in [1.29, 1.82) is 0 Å². The molecule has 0 unspecified atom stereocenters. The number of thiophene rings is 1. The summed E-state index contributed by atoms with van der Waals surface area (Å²) < 4.78 is 31.5. The van der Waals surface area contributed by atoms with E-state index >= 15 is 0 Å². The van der Waals surface area contributed by atoms with Crippen LogP contribution in [0.1, 0.15) is 22.2 Å². The molecule has 124 valence electrons. The Hall–Kier alpha value is -2.51. The molecule has 2 aromatic heterocycles. The van der Waals surface area contributed by atoms with E-state index in [1.165, 1.54) is 17.4 Å². The maximum atomic E-state index is 13.1. The minimum atomic E-state index is -1.10. The number of hydrogen-bond donors (Lipinski definition) is 2. The van der Waals surface area contributed by atoms with Gasteiger partial charge in [-0.25, -0.2) is 8.78 Å². The molecule has 0 spiro atoms. The Bertz CT molecular complexity index is 845. The van der Waals surface area contributed by atoms with Gasteiger partial charge in [0.1, 0.15) is 17.6 Å². The lowest BCUT2D eigenvalue weighted by Crippen LogP contribution is -2.28. The first-order valence-corrected chi connectivity index (χ1v) is 8.02. The molecule has 1 aromatic carbocycles. The second kappa shape index (κ2) is 6.94. The lowest BCUT2D eigenvalue weighted by molar-refractivity contribution is 0.0901. The average molecular weight is 349 g/mol. The van der Waals surface area contributed by atoms with Gasteiger partial charge in [0, 0.05) is 16.5 Å². The predicted octanol–water partition coefficient (Wildman–Crippen LogP) is 3.75. The highest BCUT2D eigenvalue weighted by Gasteiger charge is 2.16. The molecular weight excluding hydrogens is 336 g/mol. The SMILES string of the molecule is O=C(NC[C@@H](O)c1ccc(-c2ccsc2)o1)c1ccc(F)c(F)c1. The molecule has 0 saturated carbocycles. The number of hydrogen-bond acceptors (Lipinski definition) is 4. The van der Waals surface area contributed by atoms with Crippen molar-refractivity contribution in [2.24, 2.45) is 0 Å². The number of carbonyl (C=O) groups is 1. The van der Waals surface area contributed by atoms with Gasteiger partial charge in [-0.15, -0.1) is 0 Å². The minimum absolute atomic E-state index is 0.0282. The van der Waals surface area contributed by atoms with Crippen LogP contribution in [0.5, 0.6) is 0 Å². The van der Waals surface area contributed by atoms with Gasteiger partial charge in [-0.1, -0.05) is 0 Å². The van der Waals surface area contributed by atoms with Crippen molar-refractivity contribution in [3.05, 3.63) is 70.1 Å². The van der Waals surface area contributed by atoms with Crippen LogP contribution in [-0.4, -0.2) is 17.6 Å². The summed E-state index contributed by atoms with van der Waals surface area (Å²) in [7, 11) is 0. The quantitative estimate of drug-likeness (QED) is 0.737. The second-order valence-electron chi connectivity index (χ2n) is 5.07. The van der Waals surface area contributed by atoms with Crippen molar-refractivity contribution in [2.45, 2.75) is 6.10 Å². The lowest BCUT2D eigenvalue weighted by atomic mass is 10.2. The van der Waals surface area contributed by atoms with Crippen LogP contribution in [0.4, 0.5) is 8.78 Å². The summed E-state index contributed by atoms with van der Waals surface area (Å²) >= 11 is 1.53. The molecule has 3 rings (SSSR count). The third kappa shape index (κ3) is 3.52. The van der Waals surface area contributed by atoms with E-state index in [0.717, 1.165) is 17.7 Å². The number of furan rings is 1. The fraction of sp³-hybridized carbons (Fsp3) is 0.118. The molecule has 1 atom stereocenters. The van der Waals surface area contributed by atoms with Crippen LogP contribution < -0.4 is 5.32 Å². The summed E-state index contributed by atoms with van der Waals surface area (Å²) in [5.74, 6) is -1.81. The molecule has 1 amide bonds. The van der Waals surface area contributed by atoms with Gasteiger partial charge in [0.2, 0.25) is 0 Å². The van der Waals surface area contributed by atoms with E-state index in [-0.39, 0.29) is 12.1 Å². The molecule has 0 saturated heterocycles. The number of amides is 1. The number of carbonyl (C=O) groups excluding carboxylic acids is 1. The third-order valence-corrected chi connectivity index (χ3v) is 4.08. The molecule has 0 radical (unpaired) electrons. The Kier molecular flexibility index (Phi) is 4.73. The van der Waals surface area contributed by atoms with Gasteiger partial charge in [0.25, 0.3) is 5.91 Å². The largest absolute Gasteiger partial charge is 0.458 e. The lowest BCUT2D eigenvalue weighted by Gasteiger charge is -2.10. The van der Waals surface area contributed by atoms with E-state index in [1.807, 2.05) is 16.8 Å². The molecule has 2 heterocycles. The van der Waals surface area contributed by atoms with E-state index in [4.69, 9.17) is 4.42 Å². The van der Waals surface area contributed by atoms with Crippen molar-refractivity contribution in [3.63, 3.8) is 0 Å². The summed E-state index contributed by atoms with van der Waals surface area (Å²) in [5.41, 5.74) is 0.879. The second-order valence-corrected chi connectivity index (χ2v) is 5.85. The number of aliphatic hydroxyl groups excluding tert-OH is 1. The Labute approximate surface area is 140 Å². The molecule has 2 N–H and O–H groups in total. The first kappa shape index (κ1) is 16.4. The van der Waals surface area contributed by atoms with E-state index in [1.54, 1.807) is 12.1 Å². The van der Waals surface area contributed by atoms with E-state index in [2.05, 4.69) is 5.32 Å². The van der Waals surface area contributed by atoms with Crippen molar-refractivity contribution < 1.29 is 23.1 Å². The first-order chi connectivity index (χ1) is 11.5. The standard InChI is InChI=1S/C17H13F2NO3S/c18-12-2-1-10(7-13(12)19)17(22)20-8-14(21)16-4-3-15(23-16)11-5-6-24-9-11/h1-7,9,14,21H,8H2,(H,20,22)/t14-/m1/s1. The van der Waals surface area contributed by atoms with E-state index in [0.29, 0.717) is 11.5 Å². The Morgan fingerprint density at radius 2 is 2.04 bits per heavy atom. The van der Waals surface area contributed by atoms with Gasteiger partial charge >= 0.3 is 0 Å². The van der Waals surface area contributed by atoms with Gasteiger partial charge in [-0.3, -0.25) is 4.79 Å². The van der Waals surface area contributed by atoms with E-state index < -0.39 is 23.6 Å². The van der Waals surface area contributed by atoms with Gasteiger partial charge in [0.15, 0.2) is 11.6 Å². The minimum Gasteiger partial charge on any atom is -0.458 e. The fourth-order valence-corrected chi connectivity index (χ4v) is 2.77. The Morgan fingerprint density at radius 1 is 1.21 bits per heavy atom. The summed E-state index contributed by atoms with van der Waals surface area (Å²) in [4.78, 5) is 11.9. The molecular formula is C17H13F2NO3S. The zero-order valence-electron chi connectivity index (χ0n) is 12.3. The molecule has 0 aliphatic heterocycles. The highest BCUT2D eigenvalue weighted by molar-refractivity contribution is 7.08. The van der Waals surface area contributed by atoms with E-state index in [9.17, 15) is 18.7 Å². The maximum Gasteiger partial charge on any atom is 0.251 e. The van der Waals surface area contributed by atoms with Gasteiger partial charge in [-0.05, 0) is 41.8 Å². The zero-order valence-corrected chi connectivity index (χ0v) is 13.1. The van der Waals surface area contributed by atoms with Crippen LogP contribution in [0, 0.1) is 11.6 Å². The van der Waals surface area contributed by atoms with Gasteiger partial charge < -0.3 is 14.8 Å². The molecule has 0 aliphatic rings. The van der Waals surface area contributed by atoms with Crippen molar-refractivity contribution >= 4 is 17.2 Å². The van der Waals surface area contributed by atoms with Crippen molar-refractivity contribution in [2.75, 3.05) is 6.54 Å². The summed E-state index contributed by atoms with van der Waals surface area (Å²) in [6, 6.07) is 8.10. The summed E-state index contributed by atoms with van der Waals surface area (Å²) in [6.07, 6.45) is -1.05. The van der Waals surface area contributed by atoms with Gasteiger partial charge in [-0.2, -0.15) is 11.3 Å². The van der Waals surface area contributed by atoms with Crippen molar-refractivity contribution in [3.8, 4) is 11.3 Å². The average Bonchev–Trinajstić information content (AvgIpc) is 3.25. The van der Waals surface area contributed by atoms with Crippen molar-refractivity contribution in [1.82, 2.24) is 5.32 Å². The Balaban J connectivity index is 1.62. The molecule has 0 aliphatic carbocycles. The van der Waals surface area contributed by atoms with Crippen LogP contribution in [0.2, 0.25) is 0 Å². The van der Waals surface area contributed by atoms with Crippen LogP contribution in [0.3, 0.4) is 0 Å². The predicted molar refractivity (Wildman–Crippen MR) is 85.7 cm³/mol. The number of aliphatic hydroxyl groups is 1. The van der Waals surface area contributed by atoms with Crippen LogP contribution >= 0.6 is 11.3 Å². The highest BCUT2D eigenvalue weighted by atomic mass is 32.1. The summed E-state index contributed by atoms with van der Waals surface area (Å²) in [6.45, 7) is -0.117. The summed E-state index contributed by atoms with van der Waals surface area (Å²) in [5, 5.41) is 16.4. The monoisotopic (exact) mass is 349 g/mol. The molecule has 0 bridgehead atoms. The Morgan fingerprint density at radius 3 is 2.75 bits per heavy atom. The topological polar surface area (TPSA) is 62.5 Å². The number of rotatable bonds is 5. The smallest absolute Gasteiger partial charge is 0.251 e. The normalized spacial score (nSPS) is 12.1. The van der Waals surface area contributed by atoms with Crippen LogP contribution in [0.25, 0.3) is 11.3 Å². The number of benzene rings is 1. The zero-order chi connectivity index (χ0) is 17.1. The molecule has 24 heavy (non-hydrogen) atoms. The molecule has 7 heteroatoms. The molecule has 0 fully saturated rings. The maximum absolute atomic E-state index is 13.1. The van der Waals surface area contributed by atoms with Gasteiger partial charge in [0.05, 0.1) is 6.54 Å². The first-order valence-electron chi connectivity index (χ1n) is 7.08. The molecule has 4 nitrogen and oxygen atoms in total. The van der Waals surface area contributed by atoms with Crippen LogP contribution in [-0.2, 0) is 0 Å². The van der Waals surface area contributed by atoms with Crippen LogP contribution in [0.15, 0.2) is 51.6 Å². The number of halogens is 2. The number of nitrogens with one attached hydrogen (secondary N) is 1. The fourth-order valence-electron chi connectivity index (χ4n) is 2.12. The highest BCUT2D eigenvalue weighted by Crippen LogP contribution is 2.26. The third-order valence-electron chi connectivity index (χ3n) is 3.40.